The second-order valence-electron chi connectivity index (χ2n) is 3.84. The topological polar surface area (TPSA) is 29.5 Å². The molecule has 0 aromatic rings. The summed E-state index contributed by atoms with van der Waals surface area (Å²) in [6.07, 6.45) is 6.06. The van der Waals surface area contributed by atoms with E-state index in [1.165, 1.54) is 0 Å². The molecular formula is C11H23ClO2. The third-order valence-electron chi connectivity index (χ3n) is 2.15. The summed E-state index contributed by atoms with van der Waals surface area (Å²) >= 11 is 6.11. The summed E-state index contributed by atoms with van der Waals surface area (Å²) in [5, 5.41) is 8.09. The molecule has 2 nitrogen and oxygen atoms in total. The molecule has 0 saturated carbocycles. The molecule has 0 aromatic heterocycles. The SMILES string of the molecule is CCCC(C)(Cl)OCCCCCCO. The minimum atomic E-state index is -0.480. The number of halogens is 1. The van der Waals surface area contributed by atoms with Crippen molar-refractivity contribution in [2.45, 2.75) is 57.4 Å². The molecule has 0 aromatic carbocycles. The first kappa shape index (κ1) is 14.2. The molecule has 0 saturated heterocycles. The minimum Gasteiger partial charge on any atom is -0.396 e. The number of hydrogen-bond acceptors (Lipinski definition) is 2. The second-order valence-corrected chi connectivity index (χ2v) is 4.64. The van der Waals surface area contributed by atoms with Crippen LogP contribution in [0.4, 0.5) is 0 Å². The lowest BCUT2D eigenvalue weighted by atomic mass is 10.2. The van der Waals surface area contributed by atoms with Crippen LogP contribution in [-0.4, -0.2) is 23.4 Å². The quantitative estimate of drug-likeness (QED) is 0.479. The Morgan fingerprint density at radius 3 is 2.43 bits per heavy atom. The number of aliphatic hydroxyl groups excluding tert-OH is 1. The highest BCUT2D eigenvalue weighted by molar-refractivity contribution is 6.22. The predicted octanol–water partition coefficient (Wildman–Crippen LogP) is 3.31. The molecule has 0 rings (SSSR count). The van der Waals surface area contributed by atoms with E-state index < -0.39 is 5.06 Å². The van der Waals surface area contributed by atoms with Crippen molar-refractivity contribution in [2.24, 2.45) is 0 Å². The Morgan fingerprint density at radius 1 is 1.21 bits per heavy atom. The summed E-state index contributed by atoms with van der Waals surface area (Å²) in [4.78, 5) is 0. The van der Waals surface area contributed by atoms with Crippen molar-refractivity contribution in [1.29, 1.82) is 0 Å². The van der Waals surface area contributed by atoms with Gasteiger partial charge in [-0.25, -0.2) is 0 Å². The number of alkyl halides is 1. The maximum absolute atomic E-state index is 8.57. The Bertz CT molecular complexity index is 126. The van der Waals surface area contributed by atoms with E-state index in [4.69, 9.17) is 21.4 Å². The number of ether oxygens (including phenoxy) is 1. The van der Waals surface area contributed by atoms with Gasteiger partial charge in [0.25, 0.3) is 0 Å². The van der Waals surface area contributed by atoms with Crippen LogP contribution in [0.2, 0.25) is 0 Å². The molecule has 14 heavy (non-hydrogen) atoms. The largest absolute Gasteiger partial charge is 0.396 e. The van der Waals surface area contributed by atoms with Gasteiger partial charge in [-0.05, 0) is 26.2 Å². The fourth-order valence-electron chi connectivity index (χ4n) is 1.37. The third kappa shape index (κ3) is 8.79. The van der Waals surface area contributed by atoms with Gasteiger partial charge in [-0.1, -0.05) is 37.8 Å². The van der Waals surface area contributed by atoms with E-state index in [9.17, 15) is 0 Å². The highest BCUT2D eigenvalue weighted by Crippen LogP contribution is 2.22. The maximum Gasteiger partial charge on any atom is 0.139 e. The molecule has 0 heterocycles. The van der Waals surface area contributed by atoms with Gasteiger partial charge in [0.05, 0.1) is 0 Å². The molecule has 0 aliphatic heterocycles. The molecule has 1 atom stereocenters. The first-order valence-electron chi connectivity index (χ1n) is 5.56. The number of rotatable bonds is 9. The van der Waals surface area contributed by atoms with Crippen LogP contribution in [0.1, 0.15) is 52.4 Å². The summed E-state index contributed by atoms with van der Waals surface area (Å²) in [5.41, 5.74) is 0. The van der Waals surface area contributed by atoms with Crippen LogP contribution < -0.4 is 0 Å². The van der Waals surface area contributed by atoms with Crippen LogP contribution in [0.25, 0.3) is 0 Å². The van der Waals surface area contributed by atoms with E-state index >= 15 is 0 Å². The lowest BCUT2D eigenvalue weighted by Crippen LogP contribution is -2.21. The van der Waals surface area contributed by atoms with Crippen LogP contribution >= 0.6 is 11.6 Å². The molecule has 0 radical (unpaired) electrons. The van der Waals surface area contributed by atoms with Gasteiger partial charge in [-0.15, -0.1) is 0 Å². The van der Waals surface area contributed by atoms with Crippen molar-refractivity contribution in [3.05, 3.63) is 0 Å². The van der Waals surface area contributed by atoms with Crippen molar-refractivity contribution < 1.29 is 9.84 Å². The highest BCUT2D eigenvalue weighted by Gasteiger charge is 2.19. The molecule has 3 heteroatoms. The summed E-state index contributed by atoms with van der Waals surface area (Å²) in [6, 6.07) is 0. The van der Waals surface area contributed by atoms with Gasteiger partial charge in [0.2, 0.25) is 0 Å². The Kier molecular flexibility index (Phi) is 8.64. The van der Waals surface area contributed by atoms with E-state index in [0.717, 1.165) is 45.1 Å². The first-order chi connectivity index (χ1) is 6.62. The van der Waals surface area contributed by atoms with Crippen molar-refractivity contribution in [1.82, 2.24) is 0 Å². The summed E-state index contributed by atoms with van der Waals surface area (Å²) in [6.45, 7) is 5.05. The second kappa shape index (κ2) is 8.51. The third-order valence-corrected chi connectivity index (χ3v) is 2.45. The fourth-order valence-corrected chi connectivity index (χ4v) is 1.64. The van der Waals surface area contributed by atoms with Gasteiger partial charge < -0.3 is 9.84 Å². The zero-order valence-corrected chi connectivity index (χ0v) is 10.1. The van der Waals surface area contributed by atoms with Crippen molar-refractivity contribution in [3.8, 4) is 0 Å². The molecule has 0 spiro atoms. The van der Waals surface area contributed by atoms with Crippen LogP contribution in [0.5, 0.6) is 0 Å². The molecule has 0 amide bonds. The van der Waals surface area contributed by atoms with Crippen LogP contribution in [0.15, 0.2) is 0 Å². The Hall–Kier alpha value is 0.210. The number of aliphatic hydroxyl groups is 1. The molecule has 0 aliphatic carbocycles. The minimum absolute atomic E-state index is 0.296. The zero-order valence-electron chi connectivity index (χ0n) is 9.39. The lowest BCUT2D eigenvalue weighted by molar-refractivity contribution is 0.0238. The van der Waals surface area contributed by atoms with Crippen molar-refractivity contribution >= 4 is 11.6 Å². The molecule has 0 bridgehead atoms. The maximum atomic E-state index is 8.57. The number of unbranched alkanes of at least 4 members (excludes halogenated alkanes) is 3. The first-order valence-corrected chi connectivity index (χ1v) is 5.94. The Labute approximate surface area is 92.6 Å². The summed E-state index contributed by atoms with van der Waals surface area (Å²) in [5.74, 6) is 0. The summed E-state index contributed by atoms with van der Waals surface area (Å²) in [7, 11) is 0. The van der Waals surface area contributed by atoms with Gasteiger partial charge in [-0.3, -0.25) is 0 Å². The molecule has 0 fully saturated rings. The van der Waals surface area contributed by atoms with Gasteiger partial charge >= 0.3 is 0 Å². The van der Waals surface area contributed by atoms with Crippen molar-refractivity contribution in [2.75, 3.05) is 13.2 Å². The van der Waals surface area contributed by atoms with E-state index in [0.29, 0.717) is 6.61 Å². The number of hydrogen-bond donors (Lipinski definition) is 1. The summed E-state index contributed by atoms with van der Waals surface area (Å²) < 4.78 is 5.55. The molecule has 1 unspecified atom stereocenters. The van der Waals surface area contributed by atoms with Crippen LogP contribution in [0.3, 0.4) is 0 Å². The molecule has 0 aliphatic rings. The van der Waals surface area contributed by atoms with Gasteiger partial charge in [-0.2, -0.15) is 0 Å². The van der Waals surface area contributed by atoms with E-state index in [2.05, 4.69) is 6.92 Å². The van der Waals surface area contributed by atoms with E-state index in [1.807, 2.05) is 6.92 Å². The average Bonchev–Trinajstić information content (AvgIpc) is 2.11. The average molecular weight is 223 g/mol. The lowest BCUT2D eigenvalue weighted by Gasteiger charge is -2.21. The predicted molar refractivity (Wildman–Crippen MR) is 60.7 cm³/mol. The standard InChI is InChI=1S/C11H23ClO2/c1-3-8-11(2,12)14-10-7-5-4-6-9-13/h13H,3-10H2,1-2H3. The zero-order chi connectivity index (χ0) is 10.9. The Morgan fingerprint density at radius 2 is 1.86 bits per heavy atom. The molecular weight excluding hydrogens is 200 g/mol. The molecule has 1 N–H and O–H groups in total. The fraction of sp³-hybridized carbons (Fsp3) is 1.00. The van der Waals surface area contributed by atoms with E-state index in [1.54, 1.807) is 0 Å². The molecule has 86 valence electrons. The smallest absolute Gasteiger partial charge is 0.139 e. The van der Waals surface area contributed by atoms with Gasteiger partial charge in [0.1, 0.15) is 5.06 Å². The van der Waals surface area contributed by atoms with Gasteiger partial charge in [0, 0.05) is 13.2 Å². The highest BCUT2D eigenvalue weighted by atomic mass is 35.5. The normalized spacial score (nSPS) is 15.4. The monoisotopic (exact) mass is 222 g/mol. The van der Waals surface area contributed by atoms with Crippen molar-refractivity contribution in [3.63, 3.8) is 0 Å². The van der Waals surface area contributed by atoms with E-state index in [-0.39, 0.29) is 0 Å². The Balaban J connectivity index is 3.26. The van der Waals surface area contributed by atoms with Crippen LogP contribution in [-0.2, 0) is 4.74 Å². The van der Waals surface area contributed by atoms with Gasteiger partial charge in [0.15, 0.2) is 0 Å². The van der Waals surface area contributed by atoms with Crippen LogP contribution in [0, 0.1) is 0 Å².